The van der Waals surface area contributed by atoms with Gasteiger partial charge < -0.3 is 10.2 Å². The Kier molecular flexibility index (Phi) is 6.17. The molecule has 0 spiro atoms. The molecule has 8 nitrogen and oxygen atoms in total. The average molecular weight is 396 g/mol. The van der Waals surface area contributed by atoms with E-state index in [0.29, 0.717) is 26.1 Å². The predicted molar refractivity (Wildman–Crippen MR) is 107 cm³/mol. The first-order chi connectivity index (χ1) is 14.2. The molecule has 1 saturated heterocycles. The lowest BCUT2D eigenvalue weighted by Crippen LogP contribution is -2.48. The monoisotopic (exact) mass is 396 g/mol. The average Bonchev–Trinajstić information content (AvgIpc) is 3.11. The summed E-state index contributed by atoms with van der Waals surface area (Å²) in [6.07, 6.45) is 5.25. The zero-order valence-corrected chi connectivity index (χ0v) is 16.7. The molecule has 3 heterocycles. The van der Waals surface area contributed by atoms with Crippen molar-refractivity contribution in [1.29, 1.82) is 0 Å². The van der Waals surface area contributed by atoms with Gasteiger partial charge >= 0.3 is 0 Å². The van der Waals surface area contributed by atoms with Gasteiger partial charge in [-0.1, -0.05) is 30.3 Å². The third-order valence-corrected chi connectivity index (χ3v) is 6.05. The minimum Gasteiger partial charge on any atom is -0.353 e. The topological polar surface area (TPSA) is 93.0 Å². The van der Waals surface area contributed by atoms with Crippen LogP contribution in [0.2, 0.25) is 0 Å². The number of carbonyl (C=O) groups is 2. The van der Waals surface area contributed by atoms with Gasteiger partial charge in [0.15, 0.2) is 5.82 Å². The van der Waals surface area contributed by atoms with Gasteiger partial charge in [-0.3, -0.25) is 9.59 Å². The molecule has 1 unspecified atom stereocenters. The summed E-state index contributed by atoms with van der Waals surface area (Å²) in [6, 6.07) is 10.3. The molecule has 0 bridgehead atoms. The molecule has 0 radical (unpaired) electrons. The Bertz CT molecular complexity index is 806. The maximum atomic E-state index is 12.7. The van der Waals surface area contributed by atoms with E-state index in [9.17, 15) is 9.59 Å². The zero-order valence-electron chi connectivity index (χ0n) is 16.7. The molecular weight excluding hydrogens is 368 g/mol. The molecule has 8 heteroatoms. The Morgan fingerprint density at radius 1 is 1.03 bits per heavy atom. The fourth-order valence-corrected chi connectivity index (χ4v) is 4.21. The van der Waals surface area contributed by atoms with E-state index in [0.717, 1.165) is 44.3 Å². The molecule has 1 aromatic carbocycles. The molecule has 154 valence electrons. The molecule has 1 atom stereocenters. The van der Waals surface area contributed by atoms with E-state index >= 15 is 0 Å². The second-order valence-electron chi connectivity index (χ2n) is 7.99. The number of rotatable bonds is 5. The number of aromatic nitrogens is 4. The Balaban J connectivity index is 1.19. The molecule has 0 aliphatic carbocycles. The van der Waals surface area contributed by atoms with Crippen molar-refractivity contribution in [3.05, 3.63) is 41.7 Å². The maximum absolute atomic E-state index is 12.7. The Hall–Kier alpha value is -2.77. The van der Waals surface area contributed by atoms with Crippen molar-refractivity contribution < 1.29 is 9.59 Å². The van der Waals surface area contributed by atoms with Crippen LogP contribution < -0.4 is 5.32 Å². The van der Waals surface area contributed by atoms with Crippen molar-refractivity contribution in [2.45, 2.75) is 57.5 Å². The van der Waals surface area contributed by atoms with Crippen LogP contribution in [-0.4, -0.2) is 56.1 Å². The third kappa shape index (κ3) is 4.99. The fraction of sp³-hybridized carbons (Fsp3) is 0.571. The smallest absolute Gasteiger partial charge is 0.223 e. The van der Waals surface area contributed by atoms with E-state index in [1.807, 2.05) is 23.1 Å². The van der Waals surface area contributed by atoms with Gasteiger partial charge in [-0.25, -0.2) is 4.68 Å². The number of likely N-dealkylation sites (tertiary alicyclic amines) is 1. The number of tetrazole rings is 1. The van der Waals surface area contributed by atoms with Crippen LogP contribution in [0.1, 0.15) is 43.5 Å². The highest BCUT2D eigenvalue weighted by Gasteiger charge is 2.28. The second kappa shape index (κ2) is 9.15. The molecule has 29 heavy (non-hydrogen) atoms. The largest absolute Gasteiger partial charge is 0.353 e. The standard InChI is InChI=1S/C21H28N6O2/c28-20(9-6-16-4-2-1-3-5-16)26-13-11-18(12-14-26)22-21(29)17-7-8-19-23-24-25-27(19)15-10-17/h1-5,17-18H,6-15H2,(H,22,29). The number of hydrogen-bond donors (Lipinski definition) is 1. The molecule has 1 fully saturated rings. The van der Waals surface area contributed by atoms with Crippen LogP contribution in [0.15, 0.2) is 30.3 Å². The summed E-state index contributed by atoms with van der Waals surface area (Å²) in [5, 5.41) is 14.9. The van der Waals surface area contributed by atoms with Crippen molar-refractivity contribution in [3.8, 4) is 0 Å². The van der Waals surface area contributed by atoms with Crippen LogP contribution in [0.25, 0.3) is 0 Å². The van der Waals surface area contributed by atoms with Gasteiger partial charge in [-0.2, -0.15) is 0 Å². The molecule has 2 amide bonds. The minimum absolute atomic E-state index is 0.0102. The van der Waals surface area contributed by atoms with Crippen molar-refractivity contribution in [2.75, 3.05) is 13.1 Å². The summed E-state index contributed by atoms with van der Waals surface area (Å²) in [5.41, 5.74) is 1.19. The van der Waals surface area contributed by atoms with Gasteiger partial charge in [0, 0.05) is 44.4 Å². The van der Waals surface area contributed by atoms with Gasteiger partial charge in [0.25, 0.3) is 0 Å². The third-order valence-electron chi connectivity index (χ3n) is 6.05. The van der Waals surface area contributed by atoms with Crippen molar-refractivity contribution in [3.63, 3.8) is 0 Å². The quantitative estimate of drug-likeness (QED) is 0.824. The van der Waals surface area contributed by atoms with Gasteiger partial charge in [0.1, 0.15) is 0 Å². The zero-order chi connectivity index (χ0) is 20.1. The van der Waals surface area contributed by atoms with E-state index in [1.165, 1.54) is 5.56 Å². The molecule has 1 aromatic heterocycles. The lowest BCUT2D eigenvalue weighted by molar-refractivity contribution is -0.132. The lowest BCUT2D eigenvalue weighted by atomic mass is 9.97. The van der Waals surface area contributed by atoms with Gasteiger partial charge in [-0.05, 0) is 48.1 Å². The van der Waals surface area contributed by atoms with E-state index in [1.54, 1.807) is 4.68 Å². The number of piperidine rings is 1. The Morgan fingerprint density at radius 3 is 2.62 bits per heavy atom. The number of nitrogens with zero attached hydrogens (tertiary/aromatic N) is 5. The van der Waals surface area contributed by atoms with E-state index < -0.39 is 0 Å². The fourth-order valence-electron chi connectivity index (χ4n) is 4.21. The van der Waals surface area contributed by atoms with Gasteiger partial charge in [0.05, 0.1) is 0 Å². The second-order valence-corrected chi connectivity index (χ2v) is 7.99. The first kappa shape index (κ1) is 19.5. The molecule has 2 aliphatic heterocycles. The van der Waals surface area contributed by atoms with Crippen LogP contribution in [0.4, 0.5) is 0 Å². The summed E-state index contributed by atoms with van der Waals surface area (Å²) in [6.45, 7) is 2.12. The Labute approximate surface area is 170 Å². The molecule has 1 N–H and O–H groups in total. The van der Waals surface area contributed by atoms with Crippen molar-refractivity contribution in [2.24, 2.45) is 5.92 Å². The molecule has 2 aromatic rings. The number of amides is 2. The Morgan fingerprint density at radius 2 is 1.83 bits per heavy atom. The predicted octanol–water partition coefficient (Wildman–Crippen LogP) is 1.37. The van der Waals surface area contributed by atoms with Crippen LogP contribution in [0.3, 0.4) is 0 Å². The first-order valence-electron chi connectivity index (χ1n) is 10.6. The summed E-state index contributed by atoms with van der Waals surface area (Å²) < 4.78 is 1.80. The number of hydrogen-bond acceptors (Lipinski definition) is 5. The summed E-state index contributed by atoms with van der Waals surface area (Å²) in [7, 11) is 0. The molecular formula is C21H28N6O2. The van der Waals surface area contributed by atoms with E-state index in [-0.39, 0.29) is 23.8 Å². The van der Waals surface area contributed by atoms with Crippen molar-refractivity contribution >= 4 is 11.8 Å². The normalized spacial score (nSPS) is 20.0. The molecule has 0 saturated carbocycles. The highest BCUT2D eigenvalue weighted by molar-refractivity contribution is 5.79. The highest BCUT2D eigenvalue weighted by atomic mass is 16.2. The van der Waals surface area contributed by atoms with Crippen LogP contribution in [0.5, 0.6) is 0 Å². The summed E-state index contributed by atoms with van der Waals surface area (Å²) >= 11 is 0. The van der Waals surface area contributed by atoms with Crippen molar-refractivity contribution in [1.82, 2.24) is 30.4 Å². The first-order valence-corrected chi connectivity index (χ1v) is 10.6. The molecule has 2 aliphatic rings. The number of nitrogens with one attached hydrogen (secondary N) is 1. The van der Waals surface area contributed by atoms with Crippen LogP contribution >= 0.6 is 0 Å². The number of aryl methyl sites for hydroxylation is 3. The number of fused-ring (bicyclic) bond motifs is 1. The van der Waals surface area contributed by atoms with Gasteiger partial charge in [-0.15, -0.1) is 5.10 Å². The number of carbonyl (C=O) groups excluding carboxylic acids is 2. The lowest BCUT2D eigenvalue weighted by Gasteiger charge is -2.33. The summed E-state index contributed by atoms with van der Waals surface area (Å²) in [5.74, 6) is 1.18. The van der Waals surface area contributed by atoms with Crippen LogP contribution in [-0.2, 0) is 29.0 Å². The van der Waals surface area contributed by atoms with Gasteiger partial charge in [0.2, 0.25) is 11.8 Å². The number of benzene rings is 1. The highest BCUT2D eigenvalue weighted by Crippen LogP contribution is 2.20. The SMILES string of the molecule is O=C(NC1CCN(C(=O)CCc2ccccc2)CC1)C1CCc2nnnn2CC1. The minimum atomic E-state index is -0.0102. The maximum Gasteiger partial charge on any atom is 0.223 e. The van der Waals surface area contributed by atoms with E-state index in [4.69, 9.17) is 0 Å². The molecule has 4 rings (SSSR count). The van der Waals surface area contributed by atoms with E-state index in [2.05, 4.69) is 33.0 Å². The van der Waals surface area contributed by atoms with Crippen LogP contribution in [0, 0.1) is 5.92 Å². The summed E-state index contributed by atoms with van der Waals surface area (Å²) in [4.78, 5) is 27.1.